The molecular weight excluding hydrogens is 470 g/mol. The number of amides is 1. The highest BCUT2D eigenvalue weighted by Crippen LogP contribution is 2.41. The summed E-state index contributed by atoms with van der Waals surface area (Å²) < 4.78 is 6.39. The minimum atomic E-state index is -0.105. The highest BCUT2D eigenvalue weighted by atomic mass is 32.2. The van der Waals surface area contributed by atoms with Gasteiger partial charge in [0.1, 0.15) is 5.69 Å². The third-order valence-corrected chi connectivity index (χ3v) is 7.67. The third kappa shape index (κ3) is 4.65. The van der Waals surface area contributed by atoms with Gasteiger partial charge in [-0.15, -0.1) is 0 Å². The molecule has 4 heterocycles. The summed E-state index contributed by atoms with van der Waals surface area (Å²) in [5.74, 6) is 0.848. The van der Waals surface area contributed by atoms with E-state index >= 15 is 0 Å². The number of benzene rings is 1. The Morgan fingerprint density at radius 2 is 2.00 bits per heavy atom. The molecule has 1 N–H and O–H groups in total. The lowest BCUT2D eigenvalue weighted by molar-refractivity contribution is 0.0944. The van der Waals surface area contributed by atoms with Crippen molar-refractivity contribution in [2.24, 2.45) is 0 Å². The Labute approximate surface area is 215 Å². The lowest BCUT2D eigenvalue weighted by atomic mass is 10.1. The molecule has 0 bridgehead atoms. The highest BCUT2D eigenvalue weighted by molar-refractivity contribution is 7.97. The molecule has 36 heavy (non-hydrogen) atoms. The van der Waals surface area contributed by atoms with Crippen LogP contribution in [0.1, 0.15) is 65.6 Å². The second kappa shape index (κ2) is 9.37. The summed E-state index contributed by atoms with van der Waals surface area (Å²) in [7, 11) is 0. The molecule has 2 aliphatic rings. The van der Waals surface area contributed by atoms with Gasteiger partial charge in [-0.1, -0.05) is 50.1 Å². The Kier molecular flexibility index (Phi) is 6.05. The van der Waals surface area contributed by atoms with Crippen molar-refractivity contribution in [2.45, 2.75) is 64.4 Å². The van der Waals surface area contributed by atoms with Crippen LogP contribution in [0.4, 0.5) is 0 Å². The Balaban J connectivity index is 1.14. The van der Waals surface area contributed by atoms with Crippen molar-refractivity contribution in [3.8, 4) is 11.3 Å². The molecule has 9 heteroatoms. The van der Waals surface area contributed by atoms with Gasteiger partial charge in [-0.25, -0.2) is 14.3 Å². The van der Waals surface area contributed by atoms with Crippen molar-refractivity contribution in [1.29, 1.82) is 0 Å². The van der Waals surface area contributed by atoms with Gasteiger partial charge >= 0.3 is 0 Å². The molecule has 3 aromatic heterocycles. The summed E-state index contributed by atoms with van der Waals surface area (Å²) in [4.78, 5) is 22.3. The maximum absolute atomic E-state index is 13.2. The van der Waals surface area contributed by atoms with Gasteiger partial charge in [-0.3, -0.25) is 13.9 Å². The van der Waals surface area contributed by atoms with E-state index in [0.29, 0.717) is 29.2 Å². The van der Waals surface area contributed by atoms with Gasteiger partial charge in [0.15, 0.2) is 0 Å². The first-order chi connectivity index (χ1) is 17.4. The standard InChI is InChI=1S/C27H31N7OS/c1-17(2)36-32-10-11-34-22(16-32)12-23(31-34)20-6-4-19(5-7-20)14-28-26(35)25-24(21-8-9-21)30-27-29-13-18(3)15-33(25)27/h4-7,12-13,15,17,21H,8-11,14,16H2,1-3H3,(H,28,35). The minimum Gasteiger partial charge on any atom is -0.347 e. The van der Waals surface area contributed by atoms with Crippen LogP contribution in [0, 0.1) is 6.92 Å². The van der Waals surface area contributed by atoms with E-state index in [1.807, 2.05) is 29.5 Å². The van der Waals surface area contributed by atoms with Crippen molar-refractivity contribution in [3.63, 3.8) is 0 Å². The number of aryl methyl sites for hydroxylation is 1. The fourth-order valence-corrected chi connectivity index (χ4v) is 5.74. The number of nitrogens with zero attached hydrogens (tertiary/aromatic N) is 6. The Bertz CT molecular complexity index is 1420. The monoisotopic (exact) mass is 501 g/mol. The average Bonchev–Trinajstić information content (AvgIpc) is 3.51. The number of fused-ring (bicyclic) bond motifs is 2. The van der Waals surface area contributed by atoms with E-state index in [4.69, 9.17) is 5.10 Å². The summed E-state index contributed by atoms with van der Waals surface area (Å²) in [6.45, 7) is 9.74. The van der Waals surface area contributed by atoms with Gasteiger partial charge in [0.2, 0.25) is 5.78 Å². The van der Waals surface area contributed by atoms with Gasteiger partial charge in [0.25, 0.3) is 5.91 Å². The van der Waals surface area contributed by atoms with Crippen molar-refractivity contribution in [1.82, 2.24) is 33.8 Å². The number of carbonyl (C=O) groups is 1. The first-order valence-corrected chi connectivity index (χ1v) is 13.5. The van der Waals surface area contributed by atoms with Crippen LogP contribution in [0.5, 0.6) is 0 Å². The van der Waals surface area contributed by atoms with Crippen molar-refractivity contribution in [3.05, 3.63) is 70.9 Å². The third-order valence-electron chi connectivity index (χ3n) is 6.64. The summed E-state index contributed by atoms with van der Waals surface area (Å²) in [5, 5.41) is 8.52. The second-order valence-electron chi connectivity index (χ2n) is 10.1. The van der Waals surface area contributed by atoms with Crippen LogP contribution < -0.4 is 5.32 Å². The van der Waals surface area contributed by atoms with Gasteiger partial charge in [-0.05, 0) is 37.0 Å². The van der Waals surface area contributed by atoms with Crippen molar-refractivity contribution in [2.75, 3.05) is 6.54 Å². The molecule has 1 saturated carbocycles. The van der Waals surface area contributed by atoms with E-state index in [-0.39, 0.29) is 5.91 Å². The molecule has 4 aromatic rings. The lowest BCUT2D eigenvalue weighted by Crippen LogP contribution is -2.30. The first kappa shape index (κ1) is 23.2. The number of imidazole rings is 1. The second-order valence-corrected chi connectivity index (χ2v) is 11.7. The van der Waals surface area contributed by atoms with Crippen LogP contribution in [-0.4, -0.2) is 46.2 Å². The van der Waals surface area contributed by atoms with E-state index < -0.39 is 0 Å². The molecule has 8 nitrogen and oxygen atoms in total. The molecule has 1 aliphatic carbocycles. The van der Waals surface area contributed by atoms with E-state index in [1.54, 1.807) is 6.20 Å². The van der Waals surface area contributed by atoms with Crippen LogP contribution in [0.15, 0.2) is 42.7 Å². The predicted molar refractivity (Wildman–Crippen MR) is 142 cm³/mol. The molecule has 0 saturated heterocycles. The Hall–Kier alpha value is -3.17. The SMILES string of the molecule is Cc1cnc2nc(C3CC3)c(C(=O)NCc3ccc(-c4cc5n(n4)CCN(SC(C)C)C5)cc3)n2c1. The van der Waals surface area contributed by atoms with Gasteiger partial charge in [0, 0.05) is 42.2 Å². The molecule has 1 fully saturated rings. The van der Waals surface area contributed by atoms with E-state index in [9.17, 15) is 4.79 Å². The Morgan fingerprint density at radius 3 is 2.75 bits per heavy atom. The Morgan fingerprint density at radius 1 is 1.19 bits per heavy atom. The molecule has 6 rings (SSSR count). The average molecular weight is 502 g/mol. The molecule has 0 radical (unpaired) electrons. The summed E-state index contributed by atoms with van der Waals surface area (Å²) >= 11 is 1.91. The molecule has 0 unspecified atom stereocenters. The predicted octanol–water partition coefficient (Wildman–Crippen LogP) is 4.58. The van der Waals surface area contributed by atoms with Crippen LogP contribution in [0.25, 0.3) is 17.0 Å². The molecular formula is C27H31N7OS. The molecule has 186 valence electrons. The summed E-state index contributed by atoms with van der Waals surface area (Å²) in [5.41, 5.74) is 6.88. The number of carbonyl (C=O) groups excluding carboxylic acids is 1. The fourth-order valence-electron chi connectivity index (χ4n) is 4.75. The molecule has 0 atom stereocenters. The maximum Gasteiger partial charge on any atom is 0.270 e. The van der Waals surface area contributed by atoms with E-state index in [2.05, 4.69) is 68.5 Å². The molecule has 1 aromatic carbocycles. The number of hydrogen-bond acceptors (Lipinski definition) is 6. The molecule has 1 aliphatic heterocycles. The quantitative estimate of drug-likeness (QED) is 0.374. The zero-order chi connectivity index (χ0) is 24.8. The molecule has 1 amide bonds. The zero-order valence-corrected chi connectivity index (χ0v) is 21.8. The number of nitrogens with one attached hydrogen (secondary N) is 1. The van der Waals surface area contributed by atoms with Crippen LogP contribution in [-0.2, 0) is 19.6 Å². The smallest absolute Gasteiger partial charge is 0.270 e. The van der Waals surface area contributed by atoms with Gasteiger partial charge in [-0.2, -0.15) is 5.10 Å². The van der Waals surface area contributed by atoms with E-state index in [0.717, 1.165) is 60.6 Å². The van der Waals surface area contributed by atoms with E-state index in [1.165, 1.54) is 5.69 Å². The van der Waals surface area contributed by atoms with Crippen LogP contribution >= 0.6 is 11.9 Å². The topological polar surface area (TPSA) is 80.3 Å². The number of aromatic nitrogens is 5. The normalized spacial score (nSPS) is 16.0. The highest BCUT2D eigenvalue weighted by Gasteiger charge is 2.33. The zero-order valence-electron chi connectivity index (χ0n) is 20.9. The first-order valence-electron chi connectivity index (χ1n) is 12.6. The minimum absolute atomic E-state index is 0.105. The fraction of sp³-hybridized carbons (Fsp3) is 0.407. The van der Waals surface area contributed by atoms with Crippen molar-refractivity contribution < 1.29 is 4.79 Å². The maximum atomic E-state index is 13.2. The lowest BCUT2D eigenvalue weighted by Gasteiger charge is -2.27. The van der Waals surface area contributed by atoms with Crippen LogP contribution in [0.3, 0.4) is 0 Å². The van der Waals surface area contributed by atoms with Gasteiger partial charge < -0.3 is 5.32 Å². The summed E-state index contributed by atoms with van der Waals surface area (Å²) in [6.07, 6.45) is 5.89. The summed E-state index contributed by atoms with van der Waals surface area (Å²) in [6, 6.07) is 10.5. The van der Waals surface area contributed by atoms with Crippen LogP contribution in [0.2, 0.25) is 0 Å². The number of hydrogen-bond donors (Lipinski definition) is 1. The van der Waals surface area contributed by atoms with Gasteiger partial charge in [0.05, 0.1) is 30.2 Å². The number of rotatable bonds is 7. The van der Waals surface area contributed by atoms with Crippen molar-refractivity contribution >= 4 is 23.6 Å². The largest absolute Gasteiger partial charge is 0.347 e. The molecule has 0 spiro atoms.